The van der Waals surface area contributed by atoms with Crippen LogP contribution in [0.3, 0.4) is 0 Å². The maximum Gasteiger partial charge on any atom is 0.253 e. The highest BCUT2D eigenvalue weighted by molar-refractivity contribution is 5.98. The molecule has 4 rings (SSSR count). The van der Waals surface area contributed by atoms with Gasteiger partial charge >= 0.3 is 0 Å². The molecule has 1 aliphatic heterocycles. The summed E-state index contributed by atoms with van der Waals surface area (Å²) in [5, 5.41) is 3.51. The number of carbonyl (C=O) groups excluding carboxylic acids is 1. The smallest absolute Gasteiger partial charge is 0.253 e. The first-order valence-electron chi connectivity index (χ1n) is 14.6. The molecule has 2 heterocycles. The van der Waals surface area contributed by atoms with Gasteiger partial charge in [0, 0.05) is 32.3 Å². The third-order valence-corrected chi connectivity index (χ3v) is 7.50. The summed E-state index contributed by atoms with van der Waals surface area (Å²) in [6, 6.07) is 13.9. The highest BCUT2D eigenvalue weighted by Crippen LogP contribution is 2.26. The zero-order valence-electron chi connectivity index (χ0n) is 23.5. The second kappa shape index (κ2) is 14.2. The molecule has 1 aliphatic rings. The summed E-state index contributed by atoms with van der Waals surface area (Å²) in [4.78, 5) is 23.1. The van der Waals surface area contributed by atoms with Crippen LogP contribution in [0.15, 0.2) is 42.5 Å². The van der Waals surface area contributed by atoms with Crippen LogP contribution < -0.4 is 10.1 Å². The highest BCUT2D eigenvalue weighted by Gasteiger charge is 2.19. The Morgan fingerprint density at radius 2 is 1.66 bits per heavy atom. The van der Waals surface area contributed by atoms with Crippen molar-refractivity contribution in [2.75, 3.05) is 45.2 Å². The number of benzene rings is 2. The SMILES string of the molecule is CCCCN(CCCC)C(=O)c1ccc2nc(Nc3ccc(OC)cc3)n(CCCCN3CCCC3)c2c1.[HH]. The maximum absolute atomic E-state index is 13.5. The summed E-state index contributed by atoms with van der Waals surface area (Å²) in [6.45, 7) is 10.5. The van der Waals surface area contributed by atoms with Gasteiger partial charge < -0.3 is 24.4 Å². The molecule has 3 aromatic rings. The summed E-state index contributed by atoms with van der Waals surface area (Å²) in [5.74, 6) is 1.76. The number of carbonyl (C=O) groups is 1. The predicted octanol–water partition coefficient (Wildman–Crippen LogP) is 6.95. The van der Waals surface area contributed by atoms with Gasteiger partial charge in [0.15, 0.2) is 0 Å². The number of aryl methyl sites for hydroxylation is 1. The molecule has 0 spiro atoms. The Balaban J connectivity index is 0.00000420. The van der Waals surface area contributed by atoms with Gasteiger partial charge in [-0.2, -0.15) is 0 Å². The largest absolute Gasteiger partial charge is 0.497 e. The number of imidazole rings is 1. The van der Waals surface area contributed by atoms with Crippen LogP contribution in [0.4, 0.5) is 11.6 Å². The first-order valence-corrected chi connectivity index (χ1v) is 14.6. The van der Waals surface area contributed by atoms with Crippen molar-refractivity contribution < 1.29 is 11.0 Å². The van der Waals surface area contributed by atoms with Crippen molar-refractivity contribution in [1.82, 2.24) is 19.4 Å². The molecule has 0 saturated carbocycles. The zero-order valence-corrected chi connectivity index (χ0v) is 23.5. The molecule has 1 amide bonds. The van der Waals surface area contributed by atoms with E-state index in [0.29, 0.717) is 0 Å². The molecule has 0 atom stereocenters. The molecule has 208 valence electrons. The van der Waals surface area contributed by atoms with Crippen molar-refractivity contribution in [1.29, 1.82) is 0 Å². The van der Waals surface area contributed by atoms with Crippen LogP contribution in [0, 0.1) is 0 Å². The Labute approximate surface area is 229 Å². The molecule has 1 saturated heterocycles. The molecule has 2 aromatic carbocycles. The average molecular weight is 522 g/mol. The third-order valence-electron chi connectivity index (χ3n) is 7.50. The molecular formula is C31H47N5O2. The molecule has 38 heavy (non-hydrogen) atoms. The normalized spacial score (nSPS) is 13.8. The molecule has 0 bridgehead atoms. The fourth-order valence-electron chi connectivity index (χ4n) is 5.19. The van der Waals surface area contributed by atoms with E-state index in [4.69, 9.17) is 9.72 Å². The van der Waals surface area contributed by atoms with Gasteiger partial charge in [-0.15, -0.1) is 0 Å². The van der Waals surface area contributed by atoms with Crippen molar-refractivity contribution in [3.05, 3.63) is 48.0 Å². The van der Waals surface area contributed by atoms with Crippen LogP contribution in [0.5, 0.6) is 5.75 Å². The predicted molar refractivity (Wildman–Crippen MR) is 159 cm³/mol. The lowest BCUT2D eigenvalue weighted by atomic mass is 10.1. The summed E-state index contributed by atoms with van der Waals surface area (Å²) in [7, 11) is 1.68. The molecule has 0 aliphatic carbocycles. The number of hydrogen-bond donors (Lipinski definition) is 1. The van der Waals surface area contributed by atoms with Crippen LogP contribution in [0.2, 0.25) is 0 Å². The average Bonchev–Trinajstić information content (AvgIpc) is 3.58. The van der Waals surface area contributed by atoms with Crippen LogP contribution in [0.1, 0.15) is 77.0 Å². The Kier molecular flexibility index (Phi) is 10.4. The minimum Gasteiger partial charge on any atom is -0.497 e. The number of amides is 1. The van der Waals surface area contributed by atoms with E-state index >= 15 is 0 Å². The fraction of sp³-hybridized carbons (Fsp3) is 0.548. The first kappa shape index (κ1) is 28.0. The van der Waals surface area contributed by atoms with E-state index in [1.807, 2.05) is 41.3 Å². The Morgan fingerprint density at radius 1 is 0.974 bits per heavy atom. The number of fused-ring (bicyclic) bond motifs is 1. The standard InChI is InChI=1S/C31H45N5O2.H2/c1-4-6-21-35(22-7-5-2)30(37)25-12-17-28-29(24-25)36(23-11-10-20-34-18-8-9-19-34)31(33-28)32-26-13-15-27(38-3)16-14-26;/h12-17,24H,4-11,18-23H2,1-3H3,(H,32,33);1H. The van der Waals surface area contributed by atoms with Crippen molar-refractivity contribution >= 4 is 28.6 Å². The van der Waals surface area contributed by atoms with E-state index in [2.05, 4.69) is 34.7 Å². The minimum atomic E-state index is 0. The molecule has 1 aromatic heterocycles. The van der Waals surface area contributed by atoms with Crippen molar-refractivity contribution in [3.63, 3.8) is 0 Å². The lowest BCUT2D eigenvalue weighted by molar-refractivity contribution is 0.0751. The van der Waals surface area contributed by atoms with E-state index in [9.17, 15) is 4.79 Å². The number of likely N-dealkylation sites (tertiary alicyclic amines) is 1. The van der Waals surface area contributed by atoms with Crippen LogP contribution in [0.25, 0.3) is 11.0 Å². The van der Waals surface area contributed by atoms with E-state index < -0.39 is 0 Å². The summed E-state index contributed by atoms with van der Waals surface area (Å²) in [5.41, 5.74) is 3.63. The number of nitrogens with one attached hydrogen (secondary N) is 1. The van der Waals surface area contributed by atoms with Gasteiger partial charge in [0.25, 0.3) is 5.91 Å². The number of rotatable bonds is 15. The topological polar surface area (TPSA) is 62.6 Å². The molecule has 0 radical (unpaired) electrons. The first-order chi connectivity index (χ1) is 18.6. The van der Waals surface area contributed by atoms with Crippen molar-refractivity contribution in [3.8, 4) is 5.75 Å². The van der Waals surface area contributed by atoms with Crippen molar-refractivity contribution in [2.24, 2.45) is 0 Å². The summed E-state index contributed by atoms with van der Waals surface area (Å²) < 4.78 is 7.57. The minimum absolute atomic E-state index is 0. The highest BCUT2D eigenvalue weighted by atomic mass is 16.5. The molecule has 1 fully saturated rings. The quantitative estimate of drug-likeness (QED) is 0.219. The summed E-state index contributed by atoms with van der Waals surface area (Å²) >= 11 is 0. The lowest BCUT2D eigenvalue weighted by Crippen LogP contribution is -2.33. The van der Waals surface area contributed by atoms with Gasteiger partial charge in [-0.05, 0) is 101 Å². The number of anilines is 2. The molecule has 7 heteroatoms. The van der Waals surface area contributed by atoms with E-state index in [-0.39, 0.29) is 7.33 Å². The molecule has 7 nitrogen and oxygen atoms in total. The van der Waals surface area contributed by atoms with Crippen molar-refractivity contribution in [2.45, 2.75) is 71.8 Å². The zero-order chi connectivity index (χ0) is 26.7. The number of methoxy groups -OCH3 is 1. The molecule has 0 unspecified atom stereocenters. The fourth-order valence-corrected chi connectivity index (χ4v) is 5.19. The second-order valence-electron chi connectivity index (χ2n) is 10.4. The van der Waals surface area contributed by atoms with E-state index in [0.717, 1.165) is 98.7 Å². The number of ether oxygens (including phenoxy) is 1. The third kappa shape index (κ3) is 7.28. The summed E-state index contributed by atoms with van der Waals surface area (Å²) in [6.07, 6.45) is 9.10. The maximum atomic E-state index is 13.5. The monoisotopic (exact) mass is 521 g/mol. The Hall–Kier alpha value is -3.06. The van der Waals surface area contributed by atoms with E-state index in [1.165, 1.54) is 25.9 Å². The van der Waals surface area contributed by atoms with E-state index in [1.54, 1.807) is 7.11 Å². The van der Waals surface area contributed by atoms with Gasteiger partial charge in [0.2, 0.25) is 5.95 Å². The van der Waals surface area contributed by atoms with Gasteiger partial charge in [-0.25, -0.2) is 4.98 Å². The van der Waals surface area contributed by atoms with Crippen LogP contribution in [-0.4, -0.2) is 65.1 Å². The second-order valence-corrected chi connectivity index (χ2v) is 10.4. The molecular weight excluding hydrogens is 474 g/mol. The number of unbranched alkanes of at least 4 members (excludes halogenated alkanes) is 3. The molecule has 1 N–H and O–H groups in total. The number of hydrogen-bond acceptors (Lipinski definition) is 5. The van der Waals surface area contributed by atoms with Gasteiger partial charge in [0.1, 0.15) is 5.75 Å². The Bertz CT molecular complexity index is 1150. The number of aromatic nitrogens is 2. The van der Waals surface area contributed by atoms with Crippen LogP contribution in [-0.2, 0) is 6.54 Å². The van der Waals surface area contributed by atoms with Gasteiger partial charge in [0.05, 0.1) is 18.1 Å². The lowest BCUT2D eigenvalue weighted by Gasteiger charge is -2.22. The van der Waals surface area contributed by atoms with Gasteiger partial charge in [-0.1, -0.05) is 26.7 Å². The Morgan fingerprint density at radius 3 is 2.32 bits per heavy atom. The number of nitrogens with zero attached hydrogens (tertiary/aromatic N) is 4. The van der Waals surface area contributed by atoms with Crippen LogP contribution >= 0.6 is 0 Å². The van der Waals surface area contributed by atoms with Gasteiger partial charge in [-0.3, -0.25) is 4.79 Å².